The fourth-order valence-corrected chi connectivity index (χ4v) is 3.62. The van der Waals surface area contributed by atoms with Gasteiger partial charge < -0.3 is 10.1 Å². The van der Waals surface area contributed by atoms with Crippen LogP contribution >= 0.6 is 0 Å². The molecule has 1 aliphatic rings. The summed E-state index contributed by atoms with van der Waals surface area (Å²) in [5.74, 6) is 0.657. The zero-order valence-corrected chi connectivity index (χ0v) is 13.9. The van der Waals surface area contributed by atoms with Gasteiger partial charge in [-0.25, -0.2) is 17.9 Å². The van der Waals surface area contributed by atoms with Crippen LogP contribution < -0.4 is 10.0 Å². The van der Waals surface area contributed by atoms with Gasteiger partial charge in [0.1, 0.15) is 6.29 Å². The van der Waals surface area contributed by atoms with Gasteiger partial charge in [0.2, 0.25) is 0 Å². The van der Waals surface area contributed by atoms with Crippen molar-refractivity contribution in [2.45, 2.75) is 50.0 Å². The number of amides is 2. The lowest BCUT2D eigenvalue weighted by Gasteiger charge is -2.26. The molecule has 0 atom stereocenters. The van der Waals surface area contributed by atoms with E-state index in [-0.39, 0.29) is 17.4 Å². The zero-order valence-electron chi connectivity index (χ0n) is 13.1. The van der Waals surface area contributed by atoms with Crippen molar-refractivity contribution < 1.29 is 18.0 Å². The second kappa shape index (κ2) is 7.59. The normalized spacial score (nSPS) is 21.4. The van der Waals surface area contributed by atoms with Crippen molar-refractivity contribution in [3.8, 4) is 0 Å². The average molecular weight is 338 g/mol. The van der Waals surface area contributed by atoms with Crippen LogP contribution in [-0.2, 0) is 21.2 Å². The lowest BCUT2D eigenvalue weighted by atomic mass is 9.87. The summed E-state index contributed by atoms with van der Waals surface area (Å²) in [6, 6.07) is 5.22. The Bertz CT molecular complexity index is 647. The maximum atomic E-state index is 12.2. The topological polar surface area (TPSA) is 92.3 Å². The molecule has 7 heteroatoms. The summed E-state index contributed by atoms with van der Waals surface area (Å²) in [5.41, 5.74) is 0.722. The number of carbonyl (C=O) groups excluding carboxylic acids is 2. The molecule has 0 unspecified atom stereocenters. The first-order valence-corrected chi connectivity index (χ1v) is 9.25. The highest BCUT2D eigenvalue weighted by Gasteiger charge is 2.22. The van der Waals surface area contributed by atoms with Crippen LogP contribution in [0.25, 0.3) is 0 Å². The molecule has 1 aromatic rings. The first kappa shape index (κ1) is 17.5. The van der Waals surface area contributed by atoms with Crippen molar-refractivity contribution in [3.05, 3.63) is 29.8 Å². The van der Waals surface area contributed by atoms with Crippen LogP contribution in [0.2, 0.25) is 0 Å². The number of rotatable bonds is 5. The van der Waals surface area contributed by atoms with Crippen molar-refractivity contribution >= 4 is 22.3 Å². The molecule has 0 saturated heterocycles. The van der Waals surface area contributed by atoms with Crippen LogP contribution in [0.3, 0.4) is 0 Å². The third-order valence-electron chi connectivity index (χ3n) is 4.13. The molecule has 23 heavy (non-hydrogen) atoms. The van der Waals surface area contributed by atoms with Crippen molar-refractivity contribution in [2.75, 3.05) is 0 Å². The predicted octanol–water partition coefficient (Wildman–Crippen LogP) is 1.99. The summed E-state index contributed by atoms with van der Waals surface area (Å²) in [6.07, 6.45) is 4.80. The highest BCUT2D eigenvalue weighted by atomic mass is 32.2. The molecule has 126 valence electrons. The lowest BCUT2D eigenvalue weighted by molar-refractivity contribution is -0.107. The minimum atomic E-state index is -3.90. The molecule has 0 spiro atoms. The van der Waals surface area contributed by atoms with E-state index in [1.807, 2.05) is 4.72 Å². The largest absolute Gasteiger partial charge is 0.335 e. The molecule has 2 N–H and O–H groups in total. The number of carbonyl (C=O) groups is 2. The van der Waals surface area contributed by atoms with Gasteiger partial charge in [-0.3, -0.25) is 0 Å². The highest BCUT2D eigenvalue weighted by Crippen LogP contribution is 2.23. The molecule has 0 aliphatic heterocycles. The third-order valence-corrected chi connectivity index (χ3v) is 5.48. The Morgan fingerprint density at radius 1 is 1.17 bits per heavy atom. The third kappa shape index (κ3) is 5.06. The molecular formula is C16H22N2O4S. The number of benzene rings is 1. The number of hydrogen-bond acceptors (Lipinski definition) is 4. The monoisotopic (exact) mass is 338 g/mol. The van der Waals surface area contributed by atoms with Gasteiger partial charge in [0.25, 0.3) is 10.0 Å². The first-order valence-electron chi connectivity index (χ1n) is 7.76. The molecule has 0 heterocycles. The smallest absolute Gasteiger partial charge is 0.328 e. The average Bonchev–Trinajstić information content (AvgIpc) is 2.50. The van der Waals surface area contributed by atoms with Crippen molar-refractivity contribution in [1.29, 1.82) is 0 Å². The molecule has 1 aliphatic carbocycles. The summed E-state index contributed by atoms with van der Waals surface area (Å²) >= 11 is 0. The van der Waals surface area contributed by atoms with E-state index in [4.69, 9.17) is 0 Å². The minimum absolute atomic E-state index is 0.000402. The summed E-state index contributed by atoms with van der Waals surface area (Å²) in [5, 5.41) is 2.72. The molecule has 6 nitrogen and oxygen atoms in total. The summed E-state index contributed by atoms with van der Waals surface area (Å²) in [6.45, 7) is 2.18. The summed E-state index contributed by atoms with van der Waals surface area (Å²) in [4.78, 5) is 22.3. The Hall–Kier alpha value is -1.89. The Kier molecular flexibility index (Phi) is 5.76. The van der Waals surface area contributed by atoms with E-state index in [0.717, 1.165) is 37.5 Å². The first-order chi connectivity index (χ1) is 10.9. The number of aldehydes is 1. The van der Waals surface area contributed by atoms with E-state index in [2.05, 4.69) is 12.2 Å². The number of sulfonamides is 1. The second-order valence-electron chi connectivity index (χ2n) is 6.05. The Morgan fingerprint density at radius 3 is 2.35 bits per heavy atom. The molecule has 0 bridgehead atoms. The fourth-order valence-electron chi connectivity index (χ4n) is 2.70. The van der Waals surface area contributed by atoms with E-state index in [1.165, 1.54) is 12.1 Å². The van der Waals surface area contributed by atoms with E-state index in [9.17, 15) is 18.0 Å². The Morgan fingerprint density at radius 2 is 1.78 bits per heavy atom. The maximum absolute atomic E-state index is 12.2. The standard InChI is InChI=1S/C16H22N2O4S/c1-12-2-6-14(7-3-12)17-16(20)18-23(21,22)15-8-4-13(5-9-15)10-11-19/h4-5,8-9,11-12,14H,2-3,6-7,10H2,1H3,(H2,17,18,20). The van der Waals surface area contributed by atoms with Gasteiger partial charge >= 0.3 is 6.03 Å². The quantitative estimate of drug-likeness (QED) is 0.803. The van der Waals surface area contributed by atoms with E-state index in [1.54, 1.807) is 12.1 Å². The minimum Gasteiger partial charge on any atom is -0.335 e. The van der Waals surface area contributed by atoms with Crippen molar-refractivity contribution in [1.82, 2.24) is 10.0 Å². The van der Waals surface area contributed by atoms with E-state index in [0.29, 0.717) is 5.92 Å². The van der Waals surface area contributed by atoms with Crippen LogP contribution in [0.5, 0.6) is 0 Å². The number of urea groups is 1. The van der Waals surface area contributed by atoms with Crippen molar-refractivity contribution in [3.63, 3.8) is 0 Å². The van der Waals surface area contributed by atoms with E-state index < -0.39 is 16.1 Å². The van der Waals surface area contributed by atoms with Gasteiger partial charge in [-0.1, -0.05) is 19.1 Å². The number of hydrogen-bond donors (Lipinski definition) is 2. The van der Waals surface area contributed by atoms with Gasteiger partial charge in [-0.05, 0) is 49.3 Å². The van der Waals surface area contributed by atoms with Crippen LogP contribution in [0.4, 0.5) is 4.79 Å². The van der Waals surface area contributed by atoms with E-state index >= 15 is 0 Å². The van der Waals surface area contributed by atoms with Gasteiger partial charge in [0.15, 0.2) is 0 Å². The fraction of sp³-hybridized carbons (Fsp3) is 0.500. The van der Waals surface area contributed by atoms with Crippen LogP contribution in [-0.4, -0.2) is 26.8 Å². The van der Waals surface area contributed by atoms with Gasteiger partial charge in [-0.2, -0.15) is 0 Å². The maximum Gasteiger partial charge on any atom is 0.328 e. The van der Waals surface area contributed by atoms with Gasteiger partial charge in [-0.15, -0.1) is 0 Å². The van der Waals surface area contributed by atoms with Crippen LogP contribution in [0.1, 0.15) is 38.2 Å². The van der Waals surface area contributed by atoms with Crippen molar-refractivity contribution in [2.24, 2.45) is 5.92 Å². The van der Waals surface area contributed by atoms with Crippen LogP contribution in [0.15, 0.2) is 29.2 Å². The Balaban J connectivity index is 1.94. The second-order valence-corrected chi connectivity index (χ2v) is 7.73. The van der Waals surface area contributed by atoms with Gasteiger partial charge in [0, 0.05) is 12.5 Å². The molecule has 1 fully saturated rings. The molecule has 2 rings (SSSR count). The van der Waals surface area contributed by atoms with Crippen LogP contribution in [0, 0.1) is 5.92 Å². The molecule has 1 saturated carbocycles. The summed E-state index contributed by atoms with van der Waals surface area (Å²) < 4.78 is 26.4. The number of nitrogens with one attached hydrogen (secondary N) is 2. The molecule has 0 aromatic heterocycles. The Labute approximate surface area is 136 Å². The van der Waals surface area contributed by atoms with Gasteiger partial charge in [0.05, 0.1) is 4.90 Å². The molecule has 2 amide bonds. The molecule has 1 aromatic carbocycles. The molecular weight excluding hydrogens is 316 g/mol. The SMILES string of the molecule is CC1CCC(NC(=O)NS(=O)(=O)c2ccc(CC=O)cc2)CC1. The summed E-state index contributed by atoms with van der Waals surface area (Å²) in [7, 11) is -3.90. The molecule has 0 radical (unpaired) electrons. The predicted molar refractivity (Wildman–Crippen MR) is 86.5 cm³/mol. The zero-order chi connectivity index (χ0) is 16.9. The highest BCUT2D eigenvalue weighted by molar-refractivity contribution is 7.90. The lowest BCUT2D eigenvalue weighted by Crippen LogP contribution is -2.45.